The van der Waals surface area contributed by atoms with Gasteiger partial charge >= 0.3 is 11.9 Å². The van der Waals surface area contributed by atoms with E-state index in [-0.39, 0.29) is 35.9 Å². The first-order valence-corrected chi connectivity index (χ1v) is 22.0. The number of rotatable bonds is 13. The number of aryl methyl sites for hydroxylation is 2. The standard InChI is InChI=1S/C27H22BrF2NO3.C25H18BrF2NO3/c1-3-33-27(32)18-5-4-6-22(14-18)31-17(2)7-11-25(31)23-15-20(28)8-12-26(23)34-16-19-13-21(29)9-10-24(19)30;1-15-5-9-23(29(15)20-4-2-3-16(12-20)25(30)31)21-13-18(26)6-10-24(21)32-14-17-11-19(27)7-8-22(17)28/h4-15H,3,16H2,1-2H3;2-13H,14H2,1H3,(H,30,31). The van der Waals surface area contributed by atoms with E-state index in [1.807, 2.05) is 77.6 Å². The van der Waals surface area contributed by atoms with Crippen molar-refractivity contribution >= 4 is 43.8 Å². The van der Waals surface area contributed by atoms with Crippen LogP contribution in [0.15, 0.2) is 155 Å². The summed E-state index contributed by atoms with van der Waals surface area (Å²) >= 11 is 6.99. The van der Waals surface area contributed by atoms with Gasteiger partial charge in [-0.25, -0.2) is 27.2 Å². The van der Waals surface area contributed by atoms with Crippen LogP contribution in [0.25, 0.3) is 33.9 Å². The Morgan fingerprint density at radius 1 is 0.561 bits per heavy atom. The molecule has 0 aliphatic carbocycles. The molecule has 336 valence electrons. The number of nitrogens with zero attached hydrogens (tertiary/aromatic N) is 2. The second kappa shape index (κ2) is 20.9. The van der Waals surface area contributed by atoms with E-state index in [0.717, 1.165) is 79.4 Å². The zero-order valence-corrected chi connectivity index (χ0v) is 38.8. The Morgan fingerprint density at radius 3 is 1.47 bits per heavy atom. The fourth-order valence-electron chi connectivity index (χ4n) is 7.22. The summed E-state index contributed by atoms with van der Waals surface area (Å²) in [4.78, 5) is 23.7. The van der Waals surface area contributed by atoms with Gasteiger partial charge in [-0.1, -0.05) is 44.0 Å². The monoisotopic (exact) mass is 1020 g/mol. The lowest BCUT2D eigenvalue weighted by atomic mass is 10.1. The molecule has 1 N–H and O–H groups in total. The molecule has 0 unspecified atom stereocenters. The third-order valence-electron chi connectivity index (χ3n) is 10.3. The molecule has 2 heterocycles. The van der Waals surface area contributed by atoms with Crippen molar-refractivity contribution in [2.24, 2.45) is 0 Å². The van der Waals surface area contributed by atoms with Gasteiger partial charge in [0.05, 0.1) is 29.1 Å². The maximum absolute atomic E-state index is 14.1. The molecule has 0 bridgehead atoms. The molecule has 0 radical (unpaired) electrons. The van der Waals surface area contributed by atoms with Crippen LogP contribution in [0.1, 0.15) is 50.2 Å². The molecule has 14 heteroatoms. The average molecular weight is 1020 g/mol. The van der Waals surface area contributed by atoms with Crippen LogP contribution in [0.4, 0.5) is 17.6 Å². The van der Waals surface area contributed by atoms with Crippen molar-refractivity contribution in [1.82, 2.24) is 9.13 Å². The second-order valence-corrected chi connectivity index (χ2v) is 16.7. The zero-order chi connectivity index (χ0) is 47.1. The summed E-state index contributed by atoms with van der Waals surface area (Å²) in [5.41, 5.74) is 7.21. The van der Waals surface area contributed by atoms with E-state index in [1.165, 1.54) is 6.07 Å². The number of esters is 1. The number of hydrogen-bond acceptors (Lipinski definition) is 5. The molecule has 2 aromatic heterocycles. The summed E-state index contributed by atoms with van der Waals surface area (Å²) in [6, 6.07) is 39.0. The van der Waals surface area contributed by atoms with Gasteiger partial charge in [-0.05, 0) is 154 Å². The predicted octanol–water partition coefficient (Wildman–Crippen LogP) is 14.0. The highest BCUT2D eigenvalue weighted by atomic mass is 79.9. The molecule has 0 aliphatic rings. The number of halogens is 6. The molecule has 0 saturated heterocycles. The Morgan fingerprint density at radius 2 is 1.02 bits per heavy atom. The minimum atomic E-state index is -1.01. The molecule has 0 amide bonds. The smallest absolute Gasteiger partial charge is 0.338 e. The number of carboxylic acid groups (broad SMARTS) is 1. The lowest BCUT2D eigenvalue weighted by molar-refractivity contribution is 0.0525. The van der Waals surface area contributed by atoms with E-state index in [1.54, 1.807) is 55.5 Å². The van der Waals surface area contributed by atoms with Crippen LogP contribution in [0.3, 0.4) is 0 Å². The normalized spacial score (nSPS) is 10.9. The van der Waals surface area contributed by atoms with E-state index in [2.05, 4.69) is 31.9 Å². The SMILES string of the molecule is CCOC(=O)c1cccc(-n2c(C)ccc2-c2cc(Br)ccc2OCc2cc(F)ccc2F)c1.Cc1ccc(-c2cc(Br)ccc2OCc2cc(F)ccc2F)n1-c1cccc(C(=O)O)c1. The molecule has 0 saturated carbocycles. The van der Waals surface area contributed by atoms with Crippen molar-refractivity contribution in [1.29, 1.82) is 0 Å². The Labute approximate surface area is 394 Å². The van der Waals surface area contributed by atoms with Gasteiger partial charge in [-0.3, -0.25) is 0 Å². The van der Waals surface area contributed by atoms with Crippen LogP contribution in [0, 0.1) is 37.1 Å². The first-order chi connectivity index (χ1) is 31.7. The molecular formula is C52H40Br2F4N2O6. The summed E-state index contributed by atoms with van der Waals surface area (Å²) in [6.45, 7) is 5.66. The Kier molecular flexibility index (Phi) is 14.9. The fourth-order valence-corrected chi connectivity index (χ4v) is 7.95. The van der Waals surface area contributed by atoms with Gasteiger partial charge < -0.3 is 28.5 Å². The Balaban J connectivity index is 0.000000197. The van der Waals surface area contributed by atoms with E-state index >= 15 is 0 Å². The van der Waals surface area contributed by atoms with Crippen LogP contribution < -0.4 is 9.47 Å². The van der Waals surface area contributed by atoms with E-state index in [9.17, 15) is 32.3 Å². The van der Waals surface area contributed by atoms with Crippen LogP contribution in [-0.2, 0) is 18.0 Å². The summed E-state index contributed by atoms with van der Waals surface area (Å²) < 4.78 is 77.8. The number of hydrogen-bond donors (Lipinski definition) is 1. The second-order valence-electron chi connectivity index (χ2n) is 14.8. The molecule has 0 spiro atoms. The minimum absolute atomic E-state index is 0.111. The van der Waals surface area contributed by atoms with Crippen molar-refractivity contribution in [3.05, 3.63) is 211 Å². The van der Waals surface area contributed by atoms with Gasteiger partial charge in [0.2, 0.25) is 0 Å². The van der Waals surface area contributed by atoms with Gasteiger partial charge in [0.25, 0.3) is 0 Å². The number of aromatic carboxylic acids is 1. The molecule has 8 aromatic rings. The fraction of sp³-hybridized carbons (Fsp3) is 0.115. The van der Waals surface area contributed by atoms with Crippen molar-refractivity contribution in [2.75, 3.05) is 6.61 Å². The summed E-state index contributed by atoms with van der Waals surface area (Å²) in [5, 5.41) is 9.37. The lowest BCUT2D eigenvalue weighted by Crippen LogP contribution is -2.07. The molecular weight excluding hydrogens is 984 g/mol. The third kappa shape index (κ3) is 11.0. The molecule has 8 nitrogen and oxygen atoms in total. The van der Waals surface area contributed by atoms with Crippen LogP contribution in [0.5, 0.6) is 11.5 Å². The van der Waals surface area contributed by atoms with E-state index in [4.69, 9.17) is 14.2 Å². The number of carboxylic acids is 1. The number of carbonyl (C=O) groups is 2. The van der Waals surface area contributed by atoms with Gasteiger partial charge in [0, 0.05) is 54.0 Å². The molecule has 0 aliphatic heterocycles. The molecule has 8 rings (SSSR count). The van der Waals surface area contributed by atoms with E-state index in [0.29, 0.717) is 34.9 Å². The van der Waals surface area contributed by atoms with Gasteiger partial charge in [-0.2, -0.15) is 0 Å². The highest BCUT2D eigenvalue weighted by molar-refractivity contribution is 9.10. The van der Waals surface area contributed by atoms with Crippen molar-refractivity contribution in [2.45, 2.75) is 34.0 Å². The largest absolute Gasteiger partial charge is 0.488 e. The lowest BCUT2D eigenvalue weighted by Gasteiger charge is -2.17. The molecule has 0 atom stereocenters. The maximum Gasteiger partial charge on any atom is 0.338 e. The van der Waals surface area contributed by atoms with Crippen LogP contribution in [-0.4, -0.2) is 32.8 Å². The number of benzene rings is 6. The van der Waals surface area contributed by atoms with Gasteiger partial charge in [0.15, 0.2) is 0 Å². The Bertz CT molecular complexity index is 3080. The number of aromatic nitrogens is 2. The van der Waals surface area contributed by atoms with Crippen molar-refractivity contribution < 1.29 is 46.5 Å². The van der Waals surface area contributed by atoms with Crippen LogP contribution in [0.2, 0.25) is 0 Å². The zero-order valence-electron chi connectivity index (χ0n) is 35.6. The highest BCUT2D eigenvalue weighted by Crippen LogP contribution is 2.38. The third-order valence-corrected chi connectivity index (χ3v) is 11.3. The summed E-state index contributed by atoms with van der Waals surface area (Å²) in [7, 11) is 0. The van der Waals surface area contributed by atoms with Crippen molar-refractivity contribution in [3.8, 4) is 45.4 Å². The molecule has 66 heavy (non-hydrogen) atoms. The quantitative estimate of drug-likeness (QED) is 0.0914. The Hall–Kier alpha value is -6.90. The summed E-state index contributed by atoms with van der Waals surface area (Å²) in [5.74, 6) is -2.56. The topological polar surface area (TPSA) is 91.9 Å². The molecule has 0 fully saturated rings. The van der Waals surface area contributed by atoms with Crippen molar-refractivity contribution in [3.63, 3.8) is 0 Å². The average Bonchev–Trinajstić information content (AvgIpc) is 3.89. The first kappa shape index (κ1) is 47.1. The van der Waals surface area contributed by atoms with Gasteiger partial charge in [-0.15, -0.1) is 0 Å². The summed E-state index contributed by atoms with van der Waals surface area (Å²) in [6.07, 6.45) is 0. The predicted molar refractivity (Wildman–Crippen MR) is 252 cm³/mol. The van der Waals surface area contributed by atoms with E-state index < -0.39 is 29.2 Å². The number of carbonyl (C=O) groups excluding carboxylic acids is 1. The minimum Gasteiger partial charge on any atom is -0.488 e. The molecule has 6 aromatic carbocycles. The highest BCUT2D eigenvalue weighted by Gasteiger charge is 2.19. The van der Waals surface area contributed by atoms with Gasteiger partial charge in [0.1, 0.15) is 48.0 Å². The van der Waals surface area contributed by atoms with Crippen LogP contribution >= 0.6 is 31.9 Å². The number of ether oxygens (including phenoxy) is 3. The maximum atomic E-state index is 14.1. The first-order valence-electron chi connectivity index (χ1n) is 20.4.